The van der Waals surface area contributed by atoms with Crippen molar-refractivity contribution in [3.05, 3.63) is 105 Å². The molecule has 1 aliphatic rings. The number of benzene rings is 3. The Labute approximate surface area is 211 Å². The van der Waals surface area contributed by atoms with Crippen LogP contribution in [0.5, 0.6) is 0 Å². The Bertz CT molecular complexity index is 1270. The van der Waals surface area contributed by atoms with Crippen LogP contribution in [0.25, 0.3) is 0 Å². The first-order valence-electron chi connectivity index (χ1n) is 10.8. The van der Waals surface area contributed by atoms with Gasteiger partial charge in [0.05, 0.1) is 5.25 Å². The summed E-state index contributed by atoms with van der Waals surface area (Å²) in [7, 11) is 0. The molecule has 0 aromatic heterocycles. The highest BCUT2D eigenvalue weighted by atomic mass is 79.9. The SMILES string of the molecule is CCc1ccc(N2C(=O)C(Cc3ccc(Br)cc3)S/C2=C(/C#N)C(=O)Nc2ccccc2)cc1. The molecule has 1 N–H and O–H groups in total. The minimum atomic E-state index is -0.538. The van der Waals surface area contributed by atoms with Crippen LogP contribution < -0.4 is 10.2 Å². The zero-order valence-corrected chi connectivity index (χ0v) is 20.9. The van der Waals surface area contributed by atoms with E-state index in [0.717, 1.165) is 22.0 Å². The van der Waals surface area contributed by atoms with E-state index in [1.165, 1.54) is 16.7 Å². The molecule has 1 saturated heterocycles. The van der Waals surface area contributed by atoms with Gasteiger partial charge < -0.3 is 5.32 Å². The maximum Gasteiger partial charge on any atom is 0.269 e. The third kappa shape index (κ3) is 5.24. The number of thioether (sulfide) groups is 1. The van der Waals surface area contributed by atoms with Crippen LogP contribution in [0.3, 0.4) is 0 Å². The fraction of sp³-hybridized carbons (Fsp3) is 0.148. The molecular formula is C27H22BrN3O2S. The Morgan fingerprint density at radius 2 is 1.68 bits per heavy atom. The minimum absolute atomic E-state index is 0.0833. The number of hydrogen-bond acceptors (Lipinski definition) is 4. The molecule has 0 spiro atoms. The molecule has 3 aromatic carbocycles. The van der Waals surface area contributed by atoms with Gasteiger partial charge in [-0.1, -0.05) is 77.1 Å². The lowest BCUT2D eigenvalue weighted by Crippen LogP contribution is -2.30. The quantitative estimate of drug-likeness (QED) is 0.309. The van der Waals surface area contributed by atoms with Gasteiger partial charge in [-0.25, -0.2) is 0 Å². The number of carbonyl (C=O) groups is 2. The van der Waals surface area contributed by atoms with Gasteiger partial charge in [0.15, 0.2) is 0 Å². The third-order valence-electron chi connectivity index (χ3n) is 5.47. The lowest BCUT2D eigenvalue weighted by atomic mass is 10.1. The monoisotopic (exact) mass is 531 g/mol. The van der Waals surface area contributed by atoms with Gasteiger partial charge in [0.1, 0.15) is 16.7 Å². The second kappa shape index (κ2) is 10.7. The number of nitrogens with one attached hydrogen (secondary N) is 1. The summed E-state index contributed by atoms with van der Waals surface area (Å²) in [5.74, 6) is -0.684. The van der Waals surface area contributed by atoms with Crippen LogP contribution in [0.4, 0.5) is 11.4 Å². The first kappa shape index (κ1) is 23.8. The fourth-order valence-electron chi connectivity index (χ4n) is 3.65. The number of amides is 2. The average molecular weight is 532 g/mol. The second-order valence-electron chi connectivity index (χ2n) is 7.74. The molecule has 1 unspecified atom stereocenters. The average Bonchev–Trinajstić information content (AvgIpc) is 3.17. The summed E-state index contributed by atoms with van der Waals surface area (Å²) >= 11 is 4.70. The lowest BCUT2D eigenvalue weighted by Gasteiger charge is -2.19. The maximum atomic E-state index is 13.6. The van der Waals surface area contributed by atoms with Crippen molar-refractivity contribution in [1.82, 2.24) is 0 Å². The van der Waals surface area contributed by atoms with Gasteiger partial charge >= 0.3 is 0 Å². The summed E-state index contributed by atoms with van der Waals surface area (Å²) in [6.45, 7) is 2.06. The van der Waals surface area contributed by atoms with E-state index in [4.69, 9.17) is 0 Å². The molecule has 3 aromatic rings. The molecule has 170 valence electrons. The van der Waals surface area contributed by atoms with Crippen molar-refractivity contribution in [3.8, 4) is 6.07 Å². The highest BCUT2D eigenvalue weighted by molar-refractivity contribution is 9.10. The van der Waals surface area contributed by atoms with Crippen molar-refractivity contribution in [3.63, 3.8) is 0 Å². The number of nitriles is 1. The van der Waals surface area contributed by atoms with Crippen molar-refractivity contribution in [2.45, 2.75) is 25.0 Å². The molecule has 7 heteroatoms. The fourth-order valence-corrected chi connectivity index (χ4v) is 5.23. The van der Waals surface area contributed by atoms with Gasteiger partial charge in [-0.15, -0.1) is 0 Å². The Morgan fingerprint density at radius 3 is 2.29 bits per heavy atom. The predicted octanol–water partition coefficient (Wildman–Crippen LogP) is 6.08. The van der Waals surface area contributed by atoms with E-state index < -0.39 is 11.2 Å². The van der Waals surface area contributed by atoms with Crippen LogP contribution in [0.15, 0.2) is 93.9 Å². The van der Waals surface area contributed by atoms with Crippen LogP contribution >= 0.6 is 27.7 Å². The van der Waals surface area contributed by atoms with E-state index >= 15 is 0 Å². The van der Waals surface area contributed by atoms with Gasteiger partial charge in [-0.3, -0.25) is 14.5 Å². The van der Waals surface area contributed by atoms with Gasteiger partial charge in [0, 0.05) is 15.8 Å². The van der Waals surface area contributed by atoms with Crippen LogP contribution in [-0.2, 0) is 22.4 Å². The van der Waals surface area contributed by atoms with Gasteiger partial charge in [0.2, 0.25) is 5.91 Å². The van der Waals surface area contributed by atoms with Crippen molar-refractivity contribution in [2.75, 3.05) is 10.2 Å². The van der Waals surface area contributed by atoms with Crippen LogP contribution in [-0.4, -0.2) is 17.1 Å². The number of hydrogen-bond donors (Lipinski definition) is 1. The first-order valence-corrected chi connectivity index (χ1v) is 12.5. The molecule has 4 rings (SSSR count). The summed E-state index contributed by atoms with van der Waals surface area (Å²) in [4.78, 5) is 28.1. The van der Waals surface area contributed by atoms with Crippen molar-refractivity contribution >= 4 is 50.9 Å². The number of nitrogens with zero attached hydrogens (tertiary/aromatic N) is 2. The molecule has 0 saturated carbocycles. The Hall–Kier alpha value is -3.34. The molecule has 1 atom stereocenters. The standard InChI is InChI=1S/C27H22BrN3O2S/c1-2-18-10-14-22(15-11-18)31-26(33)24(16-19-8-12-20(28)13-9-19)34-27(31)23(17-29)25(32)30-21-6-4-3-5-7-21/h3-15,24H,2,16H2,1H3,(H,30,32)/b27-23-. The van der Waals surface area contributed by atoms with Crippen LogP contribution in [0.1, 0.15) is 18.1 Å². The summed E-state index contributed by atoms with van der Waals surface area (Å²) in [5.41, 5.74) is 3.29. The molecular weight excluding hydrogens is 510 g/mol. The number of anilines is 2. The minimum Gasteiger partial charge on any atom is -0.321 e. The molecule has 34 heavy (non-hydrogen) atoms. The van der Waals surface area contributed by atoms with Crippen molar-refractivity contribution in [2.24, 2.45) is 0 Å². The highest BCUT2D eigenvalue weighted by Gasteiger charge is 2.40. The van der Waals surface area contributed by atoms with E-state index in [9.17, 15) is 14.9 Å². The van der Waals surface area contributed by atoms with Gasteiger partial charge in [0.25, 0.3) is 5.91 Å². The van der Waals surface area contributed by atoms with E-state index in [1.54, 1.807) is 24.3 Å². The second-order valence-corrected chi connectivity index (χ2v) is 9.85. The van der Waals surface area contributed by atoms with E-state index in [1.807, 2.05) is 60.7 Å². The molecule has 1 heterocycles. The maximum absolute atomic E-state index is 13.6. The predicted molar refractivity (Wildman–Crippen MR) is 140 cm³/mol. The smallest absolute Gasteiger partial charge is 0.269 e. The first-order chi connectivity index (χ1) is 16.5. The topological polar surface area (TPSA) is 73.2 Å². The van der Waals surface area contributed by atoms with Crippen LogP contribution in [0.2, 0.25) is 0 Å². The highest BCUT2D eigenvalue weighted by Crippen LogP contribution is 2.42. The van der Waals surface area contributed by atoms with Crippen molar-refractivity contribution in [1.29, 1.82) is 5.26 Å². The summed E-state index contributed by atoms with van der Waals surface area (Å²) in [5, 5.41) is 12.6. The van der Waals surface area contributed by atoms with Gasteiger partial charge in [-0.05, 0) is 60.4 Å². The summed E-state index contributed by atoms with van der Waals surface area (Å²) < 4.78 is 0.962. The normalized spacial score (nSPS) is 16.8. The van der Waals surface area contributed by atoms with Gasteiger partial charge in [-0.2, -0.15) is 5.26 Å². The molecule has 1 aliphatic heterocycles. The number of rotatable bonds is 6. The third-order valence-corrected chi connectivity index (χ3v) is 7.27. The molecule has 1 fully saturated rings. The number of para-hydroxylation sites is 1. The number of halogens is 1. The Morgan fingerprint density at radius 1 is 1.03 bits per heavy atom. The van der Waals surface area contributed by atoms with Crippen LogP contribution in [0, 0.1) is 11.3 Å². The lowest BCUT2D eigenvalue weighted by molar-refractivity contribution is -0.117. The number of aryl methyl sites for hydroxylation is 1. The molecule has 0 aliphatic carbocycles. The molecule has 0 radical (unpaired) electrons. The largest absolute Gasteiger partial charge is 0.321 e. The van der Waals surface area contributed by atoms with E-state index in [-0.39, 0.29) is 11.5 Å². The Balaban J connectivity index is 1.72. The Kier molecular flexibility index (Phi) is 7.51. The molecule has 5 nitrogen and oxygen atoms in total. The summed E-state index contributed by atoms with van der Waals surface area (Å²) in [6, 6.07) is 26.5. The van der Waals surface area contributed by atoms with E-state index in [0.29, 0.717) is 22.8 Å². The van der Waals surface area contributed by atoms with Crippen molar-refractivity contribution < 1.29 is 9.59 Å². The zero-order valence-electron chi connectivity index (χ0n) is 18.5. The number of carbonyl (C=O) groups excluding carboxylic acids is 2. The zero-order chi connectivity index (χ0) is 24.1. The molecule has 2 amide bonds. The summed E-state index contributed by atoms with van der Waals surface area (Å²) in [6.07, 6.45) is 1.36. The van der Waals surface area contributed by atoms with E-state index in [2.05, 4.69) is 28.2 Å². The molecule has 0 bridgehead atoms.